The van der Waals surface area contributed by atoms with Crippen molar-refractivity contribution in [3.05, 3.63) is 75.6 Å². The molecule has 2 rings (SSSR count). The van der Waals surface area contributed by atoms with Crippen molar-refractivity contribution >= 4 is 35.6 Å². The average Bonchev–Trinajstić information content (AvgIpc) is 2.59. The Morgan fingerprint density at radius 3 is 2.44 bits per heavy atom. The number of non-ortho nitro benzene ring substituents is 1. The molecule has 0 heterocycles. The molecule has 0 aliphatic carbocycles. The lowest BCUT2D eigenvalue weighted by atomic mass is 10.1. The van der Waals surface area contributed by atoms with Crippen LogP contribution in [0.2, 0.25) is 0 Å². The Labute approximate surface area is 162 Å². The molecule has 0 saturated carbocycles. The smallest absolute Gasteiger partial charge is 0.269 e. The summed E-state index contributed by atoms with van der Waals surface area (Å²) in [6.45, 7) is 1.03. The molecule has 0 unspecified atom stereocenters. The first-order valence-corrected chi connectivity index (χ1v) is 7.51. The second-order valence-corrected chi connectivity index (χ2v) is 5.12. The van der Waals surface area contributed by atoms with Gasteiger partial charge in [-0.1, -0.05) is 30.3 Å². The van der Waals surface area contributed by atoms with E-state index >= 15 is 0 Å². The van der Waals surface area contributed by atoms with Gasteiger partial charge in [-0.3, -0.25) is 15.1 Å². The molecule has 0 radical (unpaired) electrons. The molecule has 134 valence electrons. The van der Waals surface area contributed by atoms with Crippen LogP contribution in [0.25, 0.3) is 0 Å². The number of nitro benzene ring substituents is 1. The molecule has 0 bridgehead atoms. The van der Waals surface area contributed by atoms with Gasteiger partial charge >= 0.3 is 0 Å². The van der Waals surface area contributed by atoms with Crippen molar-refractivity contribution in [1.82, 2.24) is 10.6 Å². The topological polar surface area (TPSA) is 79.6 Å². The molecular weight excluding hydrogens is 438 g/mol. The normalized spacial score (nSPS) is 10.7. The number of guanidine groups is 1. The largest absolute Gasteiger partial charge is 0.356 e. The number of hydrogen-bond donors (Lipinski definition) is 2. The minimum Gasteiger partial charge on any atom is -0.356 e. The highest BCUT2D eigenvalue weighted by Gasteiger charge is 2.05. The van der Waals surface area contributed by atoms with Crippen molar-refractivity contribution in [2.24, 2.45) is 4.99 Å². The fourth-order valence-corrected chi connectivity index (χ4v) is 2.16. The summed E-state index contributed by atoms with van der Waals surface area (Å²) in [6, 6.07) is 13.0. The van der Waals surface area contributed by atoms with Gasteiger partial charge in [-0.25, -0.2) is 4.39 Å². The third kappa shape index (κ3) is 6.65. The standard InChI is InChI=1S/C17H19FN4O2.HI/c1-19-17(20-11-10-14-4-2-3-5-16(14)18)21-12-13-6-8-15(9-7-13)22(23)24;/h2-9H,10-12H2,1H3,(H2,19,20,21);1H. The molecule has 0 fully saturated rings. The maximum Gasteiger partial charge on any atom is 0.269 e. The van der Waals surface area contributed by atoms with E-state index in [1.165, 1.54) is 18.2 Å². The third-order valence-electron chi connectivity index (χ3n) is 3.48. The first-order valence-electron chi connectivity index (χ1n) is 7.51. The Morgan fingerprint density at radius 1 is 1.16 bits per heavy atom. The van der Waals surface area contributed by atoms with Crippen molar-refractivity contribution in [2.75, 3.05) is 13.6 Å². The summed E-state index contributed by atoms with van der Waals surface area (Å²) >= 11 is 0. The molecule has 0 aliphatic heterocycles. The highest BCUT2D eigenvalue weighted by molar-refractivity contribution is 14.0. The Kier molecular flexibility index (Phi) is 8.82. The minimum absolute atomic E-state index is 0. The Hall–Kier alpha value is -2.23. The highest BCUT2D eigenvalue weighted by atomic mass is 127. The van der Waals surface area contributed by atoms with Crippen LogP contribution in [0, 0.1) is 15.9 Å². The second kappa shape index (κ2) is 10.6. The zero-order valence-corrected chi connectivity index (χ0v) is 16.1. The first kappa shape index (κ1) is 20.8. The van der Waals surface area contributed by atoms with Crippen LogP contribution in [0.15, 0.2) is 53.5 Å². The number of nitrogens with zero attached hydrogens (tertiary/aromatic N) is 2. The van der Waals surface area contributed by atoms with Crippen molar-refractivity contribution in [3.63, 3.8) is 0 Å². The molecule has 6 nitrogen and oxygen atoms in total. The van der Waals surface area contributed by atoms with E-state index in [0.29, 0.717) is 31.0 Å². The summed E-state index contributed by atoms with van der Waals surface area (Å²) in [6.07, 6.45) is 0.547. The summed E-state index contributed by atoms with van der Waals surface area (Å²) in [5, 5.41) is 16.8. The molecule has 0 spiro atoms. The van der Waals surface area contributed by atoms with Crippen LogP contribution in [0.1, 0.15) is 11.1 Å². The van der Waals surface area contributed by atoms with Gasteiger partial charge < -0.3 is 10.6 Å². The molecular formula is C17H20FIN4O2. The summed E-state index contributed by atoms with van der Waals surface area (Å²) in [4.78, 5) is 14.3. The van der Waals surface area contributed by atoms with Gasteiger partial charge in [0.25, 0.3) is 5.69 Å². The molecule has 25 heavy (non-hydrogen) atoms. The average molecular weight is 458 g/mol. The number of benzene rings is 2. The quantitative estimate of drug-likeness (QED) is 0.229. The van der Waals surface area contributed by atoms with Crippen LogP contribution >= 0.6 is 24.0 Å². The van der Waals surface area contributed by atoms with Crippen molar-refractivity contribution < 1.29 is 9.31 Å². The molecule has 2 aromatic carbocycles. The molecule has 0 aliphatic rings. The summed E-state index contributed by atoms with van der Waals surface area (Å²) in [5.41, 5.74) is 1.61. The maximum atomic E-state index is 13.5. The van der Waals surface area contributed by atoms with Crippen LogP contribution in [0.5, 0.6) is 0 Å². The molecule has 2 N–H and O–H groups in total. The molecule has 2 aromatic rings. The number of nitro groups is 1. The lowest BCUT2D eigenvalue weighted by Crippen LogP contribution is -2.37. The number of hydrogen-bond acceptors (Lipinski definition) is 3. The number of nitrogens with one attached hydrogen (secondary N) is 2. The summed E-state index contributed by atoms with van der Waals surface area (Å²) in [7, 11) is 1.65. The Bertz CT molecular complexity index is 723. The van der Waals surface area contributed by atoms with Gasteiger partial charge in [0.2, 0.25) is 0 Å². The van der Waals surface area contributed by atoms with Gasteiger partial charge in [0.05, 0.1) is 4.92 Å². The van der Waals surface area contributed by atoms with Crippen molar-refractivity contribution in [3.8, 4) is 0 Å². The summed E-state index contributed by atoms with van der Waals surface area (Å²) in [5.74, 6) is 0.373. The number of rotatable bonds is 6. The van der Waals surface area contributed by atoms with Gasteiger partial charge in [0.15, 0.2) is 5.96 Å². The zero-order chi connectivity index (χ0) is 17.4. The minimum atomic E-state index is -0.430. The lowest BCUT2D eigenvalue weighted by molar-refractivity contribution is -0.384. The highest BCUT2D eigenvalue weighted by Crippen LogP contribution is 2.11. The van der Waals surface area contributed by atoms with Gasteiger partial charge in [0, 0.05) is 32.3 Å². The van der Waals surface area contributed by atoms with Crippen LogP contribution in [-0.2, 0) is 13.0 Å². The Morgan fingerprint density at radius 2 is 1.84 bits per heavy atom. The van der Waals surface area contributed by atoms with Crippen LogP contribution < -0.4 is 10.6 Å². The SMILES string of the molecule is CN=C(NCCc1ccccc1F)NCc1ccc([N+](=O)[O-])cc1.I. The monoisotopic (exact) mass is 458 g/mol. The van der Waals surface area contributed by atoms with E-state index in [1.54, 1.807) is 37.4 Å². The van der Waals surface area contributed by atoms with Crippen molar-refractivity contribution in [2.45, 2.75) is 13.0 Å². The molecule has 0 aromatic heterocycles. The predicted octanol–water partition coefficient (Wildman–Crippen LogP) is 3.26. The van der Waals surface area contributed by atoms with Crippen LogP contribution in [-0.4, -0.2) is 24.5 Å². The number of aliphatic imine (C=N–C) groups is 1. The van der Waals surface area contributed by atoms with Gasteiger partial charge in [-0.15, -0.1) is 24.0 Å². The fourth-order valence-electron chi connectivity index (χ4n) is 2.16. The van der Waals surface area contributed by atoms with Gasteiger partial charge in [-0.2, -0.15) is 0 Å². The van der Waals surface area contributed by atoms with E-state index in [4.69, 9.17) is 0 Å². The number of halogens is 2. The predicted molar refractivity (Wildman–Crippen MR) is 107 cm³/mol. The molecule has 0 atom stereocenters. The molecule has 0 saturated heterocycles. The Balaban J connectivity index is 0.00000312. The van der Waals surface area contributed by atoms with Crippen LogP contribution in [0.4, 0.5) is 10.1 Å². The zero-order valence-electron chi connectivity index (χ0n) is 13.7. The van der Waals surface area contributed by atoms with Gasteiger partial charge in [0.1, 0.15) is 5.82 Å². The van der Waals surface area contributed by atoms with Gasteiger partial charge in [-0.05, 0) is 23.6 Å². The fraction of sp³-hybridized carbons (Fsp3) is 0.235. The van der Waals surface area contributed by atoms with E-state index < -0.39 is 4.92 Å². The van der Waals surface area contributed by atoms with E-state index in [1.807, 2.05) is 0 Å². The third-order valence-corrected chi connectivity index (χ3v) is 3.48. The molecule has 8 heteroatoms. The van der Waals surface area contributed by atoms with E-state index in [0.717, 1.165) is 5.56 Å². The van der Waals surface area contributed by atoms with E-state index in [-0.39, 0.29) is 35.5 Å². The lowest BCUT2D eigenvalue weighted by Gasteiger charge is -2.12. The molecule has 0 amide bonds. The van der Waals surface area contributed by atoms with Crippen molar-refractivity contribution in [1.29, 1.82) is 0 Å². The van der Waals surface area contributed by atoms with E-state index in [2.05, 4.69) is 15.6 Å². The first-order chi connectivity index (χ1) is 11.6. The van der Waals surface area contributed by atoms with E-state index in [9.17, 15) is 14.5 Å². The summed E-state index contributed by atoms with van der Waals surface area (Å²) < 4.78 is 13.5. The van der Waals surface area contributed by atoms with Crippen LogP contribution in [0.3, 0.4) is 0 Å². The maximum absolute atomic E-state index is 13.5. The second-order valence-electron chi connectivity index (χ2n) is 5.12.